The molecule has 162 valence electrons. The van der Waals surface area contributed by atoms with E-state index in [2.05, 4.69) is 20.2 Å². The Hall–Kier alpha value is -3.19. The molecule has 0 aliphatic carbocycles. The summed E-state index contributed by atoms with van der Waals surface area (Å²) in [7, 11) is 0. The minimum absolute atomic E-state index is 0.0120. The lowest BCUT2D eigenvalue weighted by Gasteiger charge is -2.34. The number of carbonyl (C=O) groups excluding carboxylic acids is 2. The van der Waals surface area contributed by atoms with E-state index in [1.54, 1.807) is 0 Å². The first-order chi connectivity index (χ1) is 15.0. The largest absolute Gasteiger partial charge is 0.342 e. The fourth-order valence-electron chi connectivity index (χ4n) is 4.06. The Morgan fingerprint density at radius 3 is 2.42 bits per heavy atom. The minimum atomic E-state index is -0.0120. The summed E-state index contributed by atoms with van der Waals surface area (Å²) in [5.41, 5.74) is 4.95. The Balaban J connectivity index is 1.22. The van der Waals surface area contributed by atoms with Crippen LogP contribution in [0.4, 0.5) is 5.69 Å². The van der Waals surface area contributed by atoms with Gasteiger partial charge >= 0.3 is 0 Å². The highest BCUT2D eigenvalue weighted by Gasteiger charge is 2.22. The van der Waals surface area contributed by atoms with Gasteiger partial charge in [-0.15, -0.1) is 0 Å². The van der Waals surface area contributed by atoms with Crippen LogP contribution in [0.2, 0.25) is 0 Å². The predicted molar refractivity (Wildman–Crippen MR) is 122 cm³/mol. The molecule has 4 rings (SSSR count). The van der Waals surface area contributed by atoms with E-state index >= 15 is 0 Å². The molecule has 1 aliphatic rings. The molecule has 31 heavy (non-hydrogen) atoms. The summed E-state index contributed by atoms with van der Waals surface area (Å²) in [4.78, 5) is 36.9. The molecule has 2 heterocycles. The van der Waals surface area contributed by atoms with Gasteiger partial charge in [-0.2, -0.15) is 0 Å². The van der Waals surface area contributed by atoms with Crippen molar-refractivity contribution >= 4 is 28.5 Å². The molecule has 1 saturated heterocycles. The number of nitrogens with zero attached hydrogens (tertiary/aromatic N) is 3. The zero-order valence-electron chi connectivity index (χ0n) is 18.1. The van der Waals surface area contributed by atoms with Crippen molar-refractivity contribution in [1.29, 1.82) is 0 Å². The van der Waals surface area contributed by atoms with E-state index < -0.39 is 0 Å². The van der Waals surface area contributed by atoms with E-state index in [1.807, 2.05) is 61.2 Å². The average molecular weight is 420 g/mol. The van der Waals surface area contributed by atoms with Crippen molar-refractivity contribution in [3.05, 3.63) is 59.4 Å². The number of amides is 2. The van der Waals surface area contributed by atoms with E-state index in [0.717, 1.165) is 33.7 Å². The van der Waals surface area contributed by atoms with Crippen LogP contribution in [0.3, 0.4) is 0 Å². The molecule has 1 aliphatic heterocycles. The summed E-state index contributed by atoms with van der Waals surface area (Å²) in [5, 5.41) is 3.04. The number of imidazole rings is 1. The second-order valence-corrected chi connectivity index (χ2v) is 8.17. The van der Waals surface area contributed by atoms with E-state index in [1.165, 1.54) is 0 Å². The number of anilines is 1. The summed E-state index contributed by atoms with van der Waals surface area (Å²) < 4.78 is 0. The molecule has 0 bridgehead atoms. The van der Waals surface area contributed by atoms with Gasteiger partial charge in [0.05, 0.1) is 17.6 Å². The number of aromatic nitrogens is 2. The first kappa shape index (κ1) is 21.1. The second-order valence-electron chi connectivity index (χ2n) is 8.17. The topological polar surface area (TPSA) is 81.3 Å². The Bertz CT molecular complexity index is 1030. The summed E-state index contributed by atoms with van der Waals surface area (Å²) in [6, 6.07) is 13.9. The molecule has 7 nitrogen and oxygen atoms in total. The molecule has 0 unspecified atom stereocenters. The summed E-state index contributed by atoms with van der Waals surface area (Å²) in [6.07, 6.45) is 1.04. The molecule has 0 spiro atoms. The maximum Gasteiger partial charge on any atom is 0.238 e. The number of hydrogen-bond acceptors (Lipinski definition) is 4. The van der Waals surface area contributed by atoms with Crippen LogP contribution in [-0.4, -0.2) is 64.3 Å². The molecular weight excluding hydrogens is 390 g/mol. The number of aryl methyl sites for hydroxylation is 3. The van der Waals surface area contributed by atoms with Crippen molar-refractivity contribution in [3.8, 4) is 0 Å². The number of carbonyl (C=O) groups is 2. The SMILES string of the molecule is Cc1cccc(C)c1NC(=O)CN1CCN(C(=O)CCc2nc3ccccc3[nH]2)CC1. The summed E-state index contributed by atoms with van der Waals surface area (Å²) >= 11 is 0. The zero-order valence-corrected chi connectivity index (χ0v) is 18.1. The van der Waals surface area contributed by atoms with Gasteiger partial charge in [0.25, 0.3) is 0 Å². The maximum atomic E-state index is 12.6. The smallest absolute Gasteiger partial charge is 0.238 e. The third kappa shape index (κ3) is 5.11. The van der Waals surface area contributed by atoms with E-state index in [9.17, 15) is 9.59 Å². The van der Waals surface area contributed by atoms with Gasteiger partial charge in [-0.05, 0) is 37.1 Å². The summed E-state index contributed by atoms with van der Waals surface area (Å²) in [6.45, 7) is 7.05. The van der Waals surface area contributed by atoms with Crippen molar-refractivity contribution in [2.75, 3.05) is 38.0 Å². The normalized spacial score (nSPS) is 14.7. The van der Waals surface area contributed by atoms with E-state index in [-0.39, 0.29) is 11.8 Å². The molecule has 3 aromatic rings. The van der Waals surface area contributed by atoms with Crippen LogP contribution in [0.5, 0.6) is 0 Å². The number of nitrogens with one attached hydrogen (secondary N) is 2. The Morgan fingerprint density at radius 1 is 1.00 bits per heavy atom. The Labute approximate surface area is 182 Å². The van der Waals surface area contributed by atoms with Crippen molar-refractivity contribution in [3.63, 3.8) is 0 Å². The molecule has 2 amide bonds. The van der Waals surface area contributed by atoms with Crippen molar-refractivity contribution in [2.24, 2.45) is 0 Å². The lowest BCUT2D eigenvalue weighted by molar-refractivity contribution is -0.133. The second kappa shape index (κ2) is 9.31. The van der Waals surface area contributed by atoms with Crippen LogP contribution in [0.15, 0.2) is 42.5 Å². The highest BCUT2D eigenvalue weighted by atomic mass is 16.2. The Morgan fingerprint density at radius 2 is 1.71 bits per heavy atom. The van der Waals surface area contributed by atoms with E-state index in [0.29, 0.717) is 45.6 Å². The van der Waals surface area contributed by atoms with Crippen molar-refractivity contribution < 1.29 is 9.59 Å². The number of H-pyrrole nitrogens is 1. The predicted octanol–water partition coefficient (Wildman–Crippen LogP) is 2.90. The van der Waals surface area contributed by atoms with Crippen molar-refractivity contribution in [1.82, 2.24) is 19.8 Å². The fraction of sp³-hybridized carbons (Fsp3) is 0.375. The molecule has 1 aromatic heterocycles. The lowest BCUT2D eigenvalue weighted by atomic mass is 10.1. The maximum absolute atomic E-state index is 12.6. The molecule has 1 fully saturated rings. The summed E-state index contributed by atoms with van der Waals surface area (Å²) in [5.74, 6) is 0.971. The highest BCUT2D eigenvalue weighted by molar-refractivity contribution is 5.93. The van der Waals surface area contributed by atoms with Crippen LogP contribution in [0, 0.1) is 13.8 Å². The van der Waals surface area contributed by atoms with E-state index in [4.69, 9.17) is 0 Å². The first-order valence-electron chi connectivity index (χ1n) is 10.8. The molecular formula is C24H29N5O2. The molecule has 2 N–H and O–H groups in total. The van der Waals surface area contributed by atoms with Gasteiger partial charge in [-0.3, -0.25) is 14.5 Å². The molecule has 2 aromatic carbocycles. The zero-order chi connectivity index (χ0) is 21.8. The molecule has 7 heteroatoms. The number of fused-ring (bicyclic) bond motifs is 1. The van der Waals surface area contributed by atoms with Gasteiger partial charge in [0.2, 0.25) is 11.8 Å². The van der Waals surface area contributed by atoms with Crippen molar-refractivity contribution in [2.45, 2.75) is 26.7 Å². The van der Waals surface area contributed by atoms with Crippen LogP contribution < -0.4 is 5.32 Å². The molecule has 0 saturated carbocycles. The average Bonchev–Trinajstić information content (AvgIpc) is 3.18. The number of aromatic amines is 1. The standard InChI is InChI=1S/C24H29N5O2/c1-17-6-5-7-18(2)24(17)27-22(30)16-28-12-14-29(15-13-28)23(31)11-10-21-25-19-8-3-4-9-20(19)26-21/h3-9H,10-16H2,1-2H3,(H,25,26)(H,27,30). The molecule has 0 radical (unpaired) electrons. The van der Waals surface area contributed by atoms with Gasteiger partial charge in [0, 0.05) is 44.7 Å². The minimum Gasteiger partial charge on any atom is -0.342 e. The number of rotatable bonds is 6. The van der Waals surface area contributed by atoms with Gasteiger partial charge in [0.15, 0.2) is 0 Å². The number of hydrogen-bond donors (Lipinski definition) is 2. The Kier molecular flexibility index (Phi) is 6.32. The van der Waals surface area contributed by atoms with Crippen LogP contribution in [0.25, 0.3) is 11.0 Å². The van der Waals surface area contributed by atoms with Crippen LogP contribution >= 0.6 is 0 Å². The third-order valence-corrected chi connectivity index (χ3v) is 5.85. The van der Waals surface area contributed by atoms with Gasteiger partial charge in [0.1, 0.15) is 5.82 Å². The highest BCUT2D eigenvalue weighted by Crippen LogP contribution is 2.19. The molecule has 0 atom stereocenters. The number of para-hydroxylation sites is 3. The van der Waals surface area contributed by atoms with Crippen LogP contribution in [-0.2, 0) is 16.0 Å². The van der Waals surface area contributed by atoms with Gasteiger partial charge in [-0.1, -0.05) is 30.3 Å². The third-order valence-electron chi connectivity index (χ3n) is 5.85. The monoisotopic (exact) mass is 419 g/mol. The number of piperazine rings is 1. The first-order valence-corrected chi connectivity index (χ1v) is 10.8. The number of benzene rings is 2. The van der Waals surface area contributed by atoms with Crippen LogP contribution in [0.1, 0.15) is 23.4 Å². The van der Waals surface area contributed by atoms with Gasteiger partial charge in [-0.25, -0.2) is 4.98 Å². The lowest BCUT2D eigenvalue weighted by Crippen LogP contribution is -2.50. The fourth-order valence-corrected chi connectivity index (χ4v) is 4.06. The quantitative estimate of drug-likeness (QED) is 0.644. The van der Waals surface area contributed by atoms with Gasteiger partial charge < -0.3 is 15.2 Å².